The maximum Gasteiger partial charge on any atom is 0.144 e. The van der Waals surface area contributed by atoms with Crippen molar-refractivity contribution in [3.05, 3.63) is 34.6 Å². The van der Waals surface area contributed by atoms with Gasteiger partial charge in [0.15, 0.2) is 0 Å². The summed E-state index contributed by atoms with van der Waals surface area (Å²) in [7, 11) is 0. The van der Waals surface area contributed by atoms with Crippen LogP contribution in [0.3, 0.4) is 0 Å². The second-order valence-electron chi connectivity index (χ2n) is 5.70. The van der Waals surface area contributed by atoms with E-state index in [-0.39, 0.29) is 12.2 Å². The molecule has 0 spiro atoms. The van der Waals surface area contributed by atoms with Crippen LogP contribution >= 0.6 is 11.6 Å². The summed E-state index contributed by atoms with van der Waals surface area (Å²) >= 11 is 6.01. The third kappa shape index (κ3) is 3.21. The first-order valence-corrected chi connectivity index (χ1v) is 7.63. The SMILES string of the molecule is NCC1(C(=O)Cc2c(F)cccc2Cl)CCCCCC1. The van der Waals surface area contributed by atoms with Gasteiger partial charge >= 0.3 is 0 Å². The van der Waals surface area contributed by atoms with Crippen LogP contribution in [0.4, 0.5) is 4.39 Å². The second-order valence-corrected chi connectivity index (χ2v) is 6.11. The number of nitrogens with two attached hydrogens (primary N) is 1. The van der Waals surface area contributed by atoms with E-state index in [0.29, 0.717) is 17.1 Å². The van der Waals surface area contributed by atoms with Crippen molar-refractivity contribution < 1.29 is 9.18 Å². The lowest BCUT2D eigenvalue weighted by molar-refractivity contribution is -0.128. The average molecular weight is 298 g/mol. The minimum absolute atomic E-state index is 0.0360. The summed E-state index contributed by atoms with van der Waals surface area (Å²) in [6, 6.07) is 4.52. The average Bonchev–Trinajstić information content (AvgIpc) is 2.69. The fourth-order valence-electron chi connectivity index (χ4n) is 3.05. The lowest BCUT2D eigenvalue weighted by Gasteiger charge is -2.30. The molecule has 0 aliphatic heterocycles. The minimum Gasteiger partial charge on any atom is -0.329 e. The molecule has 1 aromatic carbocycles. The van der Waals surface area contributed by atoms with Gasteiger partial charge in [-0.25, -0.2) is 4.39 Å². The molecule has 0 amide bonds. The van der Waals surface area contributed by atoms with Gasteiger partial charge in [0.2, 0.25) is 0 Å². The molecule has 1 aromatic rings. The molecule has 0 bridgehead atoms. The smallest absolute Gasteiger partial charge is 0.144 e. The zero-order valence-corrected chi connectivity index (χ0v) is 12.4. The molecule has 110 valence electrons. The van der Waals surface area contributed by atoms with Crippen LogP contribution in [0.5, 0.6) is 0 Å². The monoisotopic (exact) mass is 297 g/mol. The van der Waals surface area contributed by atoms with Crippen molar-refractivity contribution in [3.63, 3.8) is 0 Å². The van der Waals surface area contributed by atoms with Crippen molar-refractivity contribution in [2.75, 3.05) is 6.54 Å². The quantitative estimate of drug-likeness (QED) is 0.857. The Hall–Kier alpha value is -0.930. The first kappa shape index (κ1) is 15.5. The van der Waals surface area contributed by atoms with Crippen molar-refractivity contribution in [2.24, 2.45) is 11.1 Å². The Kier molecular flexibility index (Phi) is 5.17. The molecule has 2 N–H and O–H groups in total. The van der Waals surface area contributed by atoms with E-state index in [4.69, 9.17) is 17.3 Å². The Bertz CT molecular complexity index is 461. The number of hydrogen-bond donors (Lipinski definition) is 1. The van der Waals surface area contributed by atoms with Gasteiger partial charge in [0, 0.05) is 29.0 Å². The molecular formula is C16H21ClFNO. The Morgan fingerprint density at radius 1 is 1.25 bits per heavy atom. The number of hydrogen-bond acceptors (Lipinski definition) is 2. The molecule has 0 aromatic heterocycles. The van der Waals surface area contributed by atoms with Crippen LogP contribution in [-0.2, 0) is 11.2 Å². The van der Waals surface area contributed by atoms with Crippen LogP contribution in [0, 0.1) is 11.2 Å². The summed E-state index contributed by atoms with van der Waals surface area (Å²) in [4.78, 5) is 12.7. The van der Waals surface area contributed by atoms with Gasteiger partial charge in [-0.05, 0) is 25.0 Å². The van der Waals surface area contributed by atoms with Gasteiger partial charge in [-0.1, -0.05) is 43.4 Å². The predicted molar refractivity (Wildman–Crippen MR) is 79.3 cm³/mol. The first-order valence-electron chi connectivity index (χ1n) is 7.25. The van der Waals surface area contributed by atoms with E-state index < -0.39 is 11.2 Å². The predicted octanol–water partition coefficient (Wildman–Crippen LogP) is 3.89. The van der Waals surface area contributed by atoms with E-state index in [1.807, 2.05) is 0 Å². The molecule has 1 aliphatic carbocycles. The highest BCUT2D eigenvalue weighted by Crippen LogP contribution is 2.36. The molecule has 1 aliphatic rings. The van der Waals surface area contributed by atoms with Crippen molar-refractivity contribution in [2.45, 2.75) is 44.9 Å². The van der Waals surface area contributed by atoms with Crippen LogP contribution < -0.4 is 5.73 Å². The van der Waals surface area contributed by atoms with Crippen LogP contribution in [0.25, 0.3) is 0 Å². The number of ketones is 1. The van der Waals surface area contributed by atoms with Crippen molar-refractivity contribution in [3.8, 4) is 0 Å². The van der Waals surface area contributed by atoms with E-state index >= 15 is 0 Å². The van der Waals surface area contributed by atoms with Crippen molar-refractivity contribution in [1.29, 1.82) is 0 Å². The molecule has 2 nitrogen and oxygen atoms in total. The van der Waals surface area contributed by atoms with Crippen LogP contribution in [0.2, 0.25) is 5.02 Å². The molecule has 0 atom stereocenters. The van der Waals surface area contributed by atoms with Crippen molar-refractivity contribution >= 4 is 17.4 Å². The summed E-state index contributed by atoms with van der Waals surface area (Å²) in [6.07, 6.45) is 6.01. The Morgan fingerprint density at radius 3 is 2.45 bits per heavy atom. The minimum atomic E-state index is -0.484. The molecule has 0 unspecified atom stereocenters. The first-order chi connectivity index (χ1) is 9.59. The molecule has 0 saturated heterocycles. The Balaban J connectivity index is 2.21. The third-order valence-corrected chi connectivity index (χ3v) is 4.80. The Morgan fingerprint density at radius 2 is 1.90 bits per heavy atom. The fraction of sp³-hybridized carbons (Fsp3) is 0.562. The van der Waals surface area contributed by atoms with Crippen LogP contribution in [0.15, 0.2) is 18.2 Å². The standard InChI is InChI=1S/C16H21ClFNO/c17-13-6-5-7-14(18)12(13)10-15(20)16(11-19)8-3-1-2-4-9-16/h5-7H,1-4,8-11,19H2. The van der Waals surface area contributed by atoms with E-state index in [2.05, 4.69) is 0 Å². The lowest BCUT2D eigenvalue weighted by Crippen LogP contribution is -2.39. The number of halogens is 2. The third-order valence-electron chi connectivity index (χ3n) is 4.44. The van der Waals surface area contributed by atoms with Gasteiger partial charge in [0.1, 0.15) is 11.6 Å². The topological polar surface area (TPSA) is 43.1 Å². The zero-order chi connectivity index (χ0) is 14.6. The number of benzene rings is 1. The van der Waals surface area contributed by atoms with E-state index in [0.717, 1.165) is 38.5 Å². The molecule has 1 saturated carbocycles. The molecule has 20 heavy (non-hydrogen) atoms. The van der Waals surface area contributed by atoms with Gasteiger partial charge in [-0.3, -0.25) is 4.79 Å². The van der Waals surface area contributed by atoms with E-state index in [9.17, 15) is 9.18 Å². The molecule has 2 rings (SSSR count). The van der Waals surface area contributed by atoms with Crippen LogP contribution in [-0.4, -0.2) is 12.3 Å². The molecule has 1 fully saturated rings. The summed E-state index contributed by atoms with van der Waals surface area (Å²) in [5, 5.41) is 0.319. The van der Waals surface area contributed by atoms with Crippen LogP contribution in [0.1, 0.15) is 44.1 Å². The normalized spacial score (nSPS) is 18.6. The fourth-order valence-corrected chi connectivity index (χ4v) is 3.28. The van der Waals surface area contributed by atoms with Gasteiger partial charge in [0.05, 0.1) is 0 Å². The van der Waals surface area contributed by atoms with E-state index in [1.165, 1.54) is 6.07 Å². The lowest BCUT2D eigenvalue weighted by atomic mass is 9.74. The van der Waals surface area contributed by atoms with Gasteiger partial charge < -0.3 is 5.73 Å². The molecule has 0 radical (unpaired) electrons. The number of carbonyl (C=O) groups excluding carboxylic acids is 1. The zero-order valence-electron chi connectivity index (χ0n) is 11.6. The summed E-state index contributed by atoms with van der Waals surface area (Å²) in [6.45, 7) is 0.345. The largest absolute Gasteiger partial charge is 0.329 e. The van der Waals surface area contributed by atoms with Gasteiger partial charge in [-0.2, -0.15) is 0 Å². The maximum atomic E-state index is 13.8. The summed E-state index contributed by atoms with van der Waals surface area (Å²) in [5.74, 6) is -0.374. The second kappa shape index (κ2) is 6.68. The van der Waals surface area contributed by atoms with E-state index in [1.54, 1.807) is 12.1 Å². The molecular weight excluding hydrogens is 277 g/mol. The molecule has 0 heterocycles. The highest BCUT2D eigenvalue weighted by atomic mass is 35.5. The maximum absolute atomic E-state index is 13.8. The van der Waals surface area contributed by atoms with Gasteiger partial charge in [-0.15, -0.1) is 0 Å². The highest BCUT2D eigenvalue weighted by Gasteiger charge is 2.37. The number of carbonyl (C=O) groups is 1. The number of rotatable bonds is 4. The van der Waals surface area contributed by atoms with Gasteiger partial charge in [0.25, 0.3) is 0 Å². The Labute approximate surface area is 124 Å². The number of Topliss-reactive ketones (excluding diaryl/α,β-unsaturated/α-hetero) is 1. The molecule has 4 heteroatoms. The summed E-state index contributed by atoms with van der Waals surface area (Å²) < 4.78 is 13.8. The highest BCUT2D eigenvalue weighted by molar-refractivity contribution is 6.31. The summed E-state index contributed by atoms with van der Waals surface area (Å²) in [5.41, 5.74) is 5.71. The van der Waals surface area contributed by atoms with Crippen molar-refractivity contribution in [1.82, 2.24) is 0 Å².